The molecule has 0 aliphatic heterocycles. The fraction of sp³-hybridized carbons (Fsp3) is 0.200. The summed E-state index contributed by atoms with van der Waals surface area (Å²) in [7, 11) is 0. The first-order valence-corrected chi connectivity index (χ1v) is 4.61. The second-order valence-corrected chi connectivity index (χ2v) is 3.45. The molecule has 0 spiro atoms. The topological polar surface area (TPSA) is 72.2 Å². The van der Waals surface area contributed by atoms with Gasteiger partial charge in [0.1, 0.15) is 5.82 Å². The summed E-state index contributed by atoms with van der Waals surface area (Å²) in [5.74, 6) is -4.22. The van der Waals surface area contributed by atoms with E-state index in [4.69, 9.17) is 5.73 Å². The lowest BCUT2D eigenvalue weighted by Crippen LogP contribution is -2.30. The van der Waals surface area contributed by atoms with Gasteiger partial charge >= 0.3 is 12.1 Å². The van der Waals surface area contributed by atoms with E-state index in [1.165, 1.54) is 5.32 Å². The molecule has 1 rings (SSSR count). The molecule has 2 amide bonds. The van der Waals surface area contributed by atoms with Gasteiger partial charge in [-0.15, -0.1) is 0 Å². The van der Waals surface area contributed by atoms with Crippen LogP contribution in [0.1, 0.15) is 15.9 Å². The molecule has 1 aromatic carbocycles. The van der Waals surface area contributed by atoms with Crippen molar-refractivity contribution < 1.29 is 27.2 Å². The number of nitrogens with one attached hydrogen (secondary N) is 1. The lowest BCUT2D eigenvalue weighted by molar-refractivity contribution is -0.167. The molecule has 0 saturated heterocycles. The number of benzene rings is 1. The third-order valence-electron chi connectivity index (χ3n) is 2.13. The maximum atomic E-state index is 13.3. The first-order chi connectivity index (χ1) is 8.12. The summed E-state index contributed by atoms with van der Waals surface area (Å²) in [5, 5.41) is 1.47. The molecule has 1 aromatic rings. The molecule has 3 N–H and O–H groups in total. The van der Waals surface area contributed by atoms with Crippen molar-refractivity contribution in [1.82, 2.24) is 0 Å². The lowest BCUT2D eigenvalue weighted by atomic mass is 10.1. The minimum Gasteiger partial charge on any atom is -0.366 e. The van der Waals surface area contributed by atoms with Crippen LogP contribution in [0.25, 0.3) is 0 Å². The van der Waals surface area contributed by atoms with Crippen LogP contribution in [0, 0.1) is 12.7 Å². The summed E-state index contributed by atoms with van der Waals surface area (Å²) in [5.41, 5.74) is 3.86. The van der Waals surface area contributed by atoms with Gasteiger partial charge in [0, 0.05) is 16.8 Å². The number of primary amides is 1. The molecule has 18 heavy (non-hydrogen) atoms. The van der Waals surface area contributed by atoms with Crippen LogP contribution in [0.3, 0.4) is 0 Å². The van der Waals surface area contributed by atoms with E-state index in [0.29, 0.717) is 0 Å². The van der Waals surface area contributed by atoms with Crippen LogP contribution in [-0.2, 0) is 4.79 Å². The molecular weight excluding hydrogens is 256 g/mol. The highest BCUT2D eigenvalue weighted by Gasteiger charge is 2.39. The SMILES string of the molecule is Cc1c(F)cc(C(N)=O)cc1NC(=O)C(F)(F)F. The summed E-state index contributed by atoms with van der Waals surface area (Å²) in [6.07, 6.45) is -5.11. The largest absolute Gasteiger partial charge is 0.471 e. The van der Waals surface area contributed by atoms with Gasteiger partial charge in [-0.1, -0.05) is 0 Å². The average Bonchev–Trinajstić information content (AvgIpc) is 2.22. The molecule has 0 aliphatic rings. The van der Waals surface area contributed by atoms with Crippen molar-refractivity contribution in [2.75, 3.05) is 5.32 Å². The number of hydrogen-bond acceptors (Lipinski definition) is 2. The van der Waals surface area contributed by atoms with Crippen molar-refractivity contribution >= 4 is 17.5 Å². The van der Waals surface area contributed by atoms with Gasteiger partial charge < -0.3 is 11.1 Å². The normalized spacial score (nSPS) is 11.2. The molecule has 0 saturated carbocycles. The minimum atomic E-state index is -5.11. The number of amides is 2. The predicted molar refractivity (Wildman–Crippen MR) is 54.3 cm³/mol. The van der Waals surface area contributed by atoms with Crippen LogP contribution in [-0.4, -0.2) is 18.0 Å². The Balaban J connectivity index is 3.17. The molecule has 0 atom stereocenters. The smallest absolute Gasteiger partial charge is 0.366 e. The van der Waals surface area contributed by atoms with Gasteiger partial charge in [-0.25, -0.2) is 4.39 Å². The Bertz CT molecular complexity index is 511. The van der Waals surface area contributed by atoms with E-state index in [9.17, 15) is 27.2 Å². The molecule has 0 aromatic heterocycles. The zero-order valence-corrected chi connectivity index (χ0v) is 9.06. The van der Waals surface area contributed by atoms with Crippen molar-refractivity contribution in [3.8, 4) is 0 Å². The zero-order valence-electron chi connectivity index (χ0n) is 9.06. The van der Waals surface area contributed by atoms with Crippen LogP contribution >= 0.6 is 0 Å². The number of nitrogens with two attached hydrogens (primary N) is 1. The van der Waals surface area contributed by atoms with Crippen molar-refractivity contribution in [2.24, 2.45) is 5.73 Å². The number of anilines is 1. The Labute approximate surface area is 98.8 Å². The summed E-state index contributed by atoms with van der Waals surface area (Å²) >= 11 is 0. The summed E-state index contributed by atoms with van der Waals surface area (Å²) in [6.45, 7) is 1.16. The molecule has 0 radical (unpaired) electrons. The molecular formula is C10H8F4N2O2. The molecule has 0 aliphatic carbocycles. The summed E-state index contributed by atoms with van der Waals surface area (Å²) < 4.78 is 49.4. The Kier molecular flexibility index (Phi) is 3.59. The standard InChI is InChI=1S/C10H8F4N2O2/c1-4-6(11)2-5(8(15)17)3-7(4)16-9(18)10(12,13)14/h2-3H,1H3,(H2,15,17)(H,16,18). The number of alkyl halides is 3. The monoisotopic (exact) mass is 264 g/mol. The van der Waals surface area contributed by atoms with Crippen molar-refractivity contribution in [1.29, 1.82) is 0 Å². The first-order valence-electron chi connectivity index (χ1n) is 4.61. The van der Waals surface area contributed by atoms with Gasteiger partial charge in [0.25, 0.3) is 0 Å². The number of halogens is 4. The summed E-state index contributed by atoms with van der Waals surface area (Å²) in [6, 6.07) is 1.66. The van der Waals surface area contributed by atoms with E-state index >= 15 is 0 Å². The molecule has 0 bridgehead atoms. The Morgan fingerprint density at radius 2 is 1.83 bits per heavy atom. The van der Waals surface area contributed by atoms with Gasteiger partial charge in [0.2, 0.25) is 5.91 Å². The molecule has 98 valence electrons. The fourth-order valence-corrected chi connectivity index (χ4v) is 1.14. The van der Waals surface area contributed by atoms with Crippen LogP contribution in [0.5, 0.6) is 0 Å². The van der Waals surface area contributed by atoms with Gasteiger partial charge in [-0.2, -0.15) is 13.2 Å². The van der Waals surface area contributed by atoms with Crippen molar-refractivity contribution in [3.05, 3.63) is 29.1 Å². The minimum absolute atomic E-state index is 0.224. The maximum absolute atomic E-state index is 13.3. The molecule has 0 unspecified atom stereocenters. The summed E-state index contributed by atoms with van der Waals surface area (Å²) in [4.78, 5) is 21.5. The van der Waals surface area contributed by atoms with E-state index in [2.05, 4.69) is 0 Å². The maximum Gasteiger partial charge on any atom is 0.471 e. The van der Waals surface area contributed by atoms with Crippen molar-refractivity contribution in [2.45, 2.75) is 13.1 Å². The third-order valence-corrected chi connectivity index (χ3v) is 2.13. The molecule has 0 heterocycles. The number of carbonyl (C=O) groups excluding carboxylic acids is 2. The second-order valence-electron chi connectivity index (χ2n) is 3.45. The third kappa shape index (κ3) is 2.96. The number of carbonyl (C=O) groups is 2. The van der Waals surface area contributed by atoms with Crippen molar-refractivity contribution in [3.63, 3.8) is 0 Å². The van der Waals surface area contributed by atoms with E-state index in [1.54, 1.807) is 0 Å². The quantitative estimate of drug-likeness (QED) is 0.798. The Morgan fingerprint density at radius 3 is 2.28 bits per heavy atom. The van der Waals surface area contributed by atoms with Crippen LogP contribution in [0.15, 0.2) is 12.1 Å². The van der Waals surface area contributed by atoms with Gasteiger partial charge in [-0.05, 0) is 19.1 Å². The van der Waals surface area contributed by atoms with Crippen LogP contribution in [0.4, 0.5) is 23.2 Å². The fourth-order valence-electron chi connectivity index (χ4n) is 1.14. The van der Waals surface area contributed by atoms with E-state index in [0.717, 1.165) is 19.1 Å². The molecule has 8 heteroatoms. The Morgan fingerprint density at radius 1 is 1.28 bits per heavy atom. The zero-order chi connectivity index (χ0) is 14.1. The highest BCUT2D eigenvalue weighted by molar-refractivity contribution is 5.98. The molecule has 4 nitrogen and oxygen atoms in total. The van der Waals surface area contributed by atoms with Gasteiger partial charge in [0.05, 0.1) is 0 Å². The van der Waals surface area contributed by atoms with Crippen LogP contribution < -0.4 is 11.1 Å². The lowest BCUT2D eigenvalue weighted by Gasteiger charge is -2.12. The van der Waals surface area contributed by atoms with E-state index < -0.39 is 29.5 Å². The van der Waals surface area contributed by atoms with Gasteiger partial charge in [0.15, 0.2) is 0 Å². The Hall–Kier alpha value is -2.12. The van der Waals surface area contributed by atoms with E-state index in [-0.39, 0.29) is 11.1 Å². The number of rotatable bonds is 2. The molecule has 0 fully saturated rings. The first kappa shape index (κ1) is 13.9. The van der Waals surface area contributed by atoms with Gasteiger partial charge in [-0.3, -0.25) is 9.59 Å². The number of hydrogen-bond donors (Lipinski definition) is 2. The highest BCUT2D eigenvalue weighted by Crippen LogP contribution is 2.23. The van der Waals surface area contributed by atoms with E-state index in [1.807, 2.05) is 0 Å². The highest BCUT2D eigenvalue weighted by atomic mass is 19.4. The van der Waals surface area contributed by atoms with Crippen LogP contribution in [0.2, 0.25) is 0 Å². The second kappa shape index (κ2) is 4.63. The average molecular weight is 264 g/mol. The predicted octanol–water partition coefficient (Wildman–Crippen LogP) is 1.73.